The first-order chi connectivity index (χ1) is 25.6. The van der Waals surface area contributed by atoms with Crippen molar-refractivity contribution in [3.63, 3.8) is 0 Å². The predicted molar refractivity (Wildman–Crippen MR) is 200 cm³/mol. The van der Waals surface area contributed by atoms with E-state index in [1.54, 1.807) is 35.2 Å². The lowest BCUT2D eigenvalue weighted by Crippen LogP contribution is -2.39. The fourth-order valence-corrected chi connectivity index (χ4v) is 7.20. The summed E-state index contributed by atoms with van der Waals surface area (Å²) in [7, 11) is 1.81. The fraction of sp³-hybridized carbons (Fsp3) is 0.244. The molecule has 2 aliphatic heterocycles. The molecule has 0 aliphatic carbocycles. The van der Waals surface area contributed by atoms with Crippen molar-refractivity contribution in [1.29, 1.82) is 0 Å². The summed E-state index contributed by atoms with van der Waals surface area (Å²) in [5.41, 5.74) is 8.51. The van der Waals surface area contributed by atoms with Crippen LogP contribution < -0.4 is 21.1 Å². The summed E-state index contributed by atoms with van der Waals surface area (Å²) in [5, 5.41) is 6.96. The number of aromatic nitrogens is 4. The summed E-state index contributed by atoms with van der Waals surface area (Å²) in [6, 6.07) is 15.0. The SMILES string of the molecule is Cc1cc(N2CCCc3nc(-c4ccc(C(=O)NCC#Cc5ccc6occ(C7CCC(=O)NC7=O)c6c5)nc4)ncc32)c2cc(C)c(=O)n(C)c2c1. The molecule has 53 heavy (non-hydrogen) atoms. The molecule has 0 saturated carbocycles. The maximum atomic E-state index is 12.9. The molecule has 12 nitrogen and oxygen atoms in total. The number of rotatable bonds is 5. The minimum Gasteiger partial charge on any atom is -0.464 e. The van der Waals surface area contributed by atoms with Crippen molar-refractivity contribution in [1.82, 2.24) is 30.2 Å². The Morgan fingerprint density at radius 1 is 1.00 bits per heavy atom. The number of hydrogen-bond acceptors (Lipinski definition) is 9. The number of pyridine rings is 2. The zero-order chi connectivity index (χ0) is 36.8. The van der Waals surface area contributed by atoms with Gasteiger partial charge < -0.3 is 19.2 Å². The van der Waals surface area contributed by atoms with Crippen molar-refractivity contribution in [2.45, 2.75) is 45.4 Å². The van der Waals surface area contributed by atoms with Gasteiger partial charge in [0.2, 0.25) is 11.8 Å². The second-order valence-corrected chi connectivity index (χ2v) is 13.5. The van der Waals surface area contributed by atoms with Gasteiger partial charge in [-0.25, -0.2) is 9.97 Å². The van der Waals surface area contributed by atoms with Crippen molar-refractivity contribution >= 4 is 51.0 Å². The number of carbonyl (C=O) groups excluding carboxylic acids is 3. The van der Waals surface area contributed by atoms with Crippen molar-refractivity contribution in [3.05, 3.63) is 111 Å². The molecule has 3 amide bonds. The van der Waals surface area contributed by atoms with Crippen LogP contribution in [0.25, 0.3) is 33.3 Å². The van der Waals surface area contributed by atoms with Crippen LogP contribution in [-0.4, -0.2) is 50.3 Å². The molecule has 2 aliphatic rings. The Bertz CT molecular complexity index is 2610. The molecular weight excluding hydrogens is 670 g/mol. The van der Waals surface area contributed by atoms with E-state index in [1.807, 2.05) is 51.4 Å². The zero-order valence-corrected chi connectivity index (χ0v) is 29.4. The molecule has 0 radical (unpaired) electrons. The third-order valence-corrected chi connectivity index (χ3v) is 9.91. The normalized spacial score (nSPS) is 15.5. The van der Waals surface area contributed by atoms with Crippen LogP contribution in [0.4, 0.5) is 11.4 Å². The van der Waals surface area contributed by atoms with E-state index in [4.69, 9.17) is 14.4 Å². The highest BCUT2D eigenvalue weighted by molar-refractivity contribution is 6.03. The molecule has 0 spiro atoms. The Balaban J connectivity index is 0.949. The van der Waals surface area contributed by atoms with E-state index in [9.17, 15) is 19.2 Å². The molecule has 1 atom stereocenters. The van der Waals surface area contributed by atoms with Crippen LogP contribution in [0.2, 0.25) is 0 Å². The highest BCUT2D eigenvalue weighted by atomic mass is 16.3. The van der Waals surface area contributed by atoms with Crippen LogP contribution >= 0.6 is 0 Å². The number of piperidine rings is 1. The number of anilines is 2. The summed E-state index contributed by atoms with van der Waals surface area (Å²) >= 11 is 0. The molecule has 2 aromatic carbocycles. The summed E-state index contributed by atoms with van der Waals surface area (Å²) in [4.78, 5) is 65.8. The second-order valence-electron chi connectivity index (χ2n) is 13.5. The fourth-order valence-electron chi connectivity index (χ4n) is 7.20. The molecule has 0 bridgehead atoms. The van der Waals surface area contributed by atoms with Gasteiger partial charge in [-0.15, -0.1) is 0 Å². The number of aryl methyl sites for hydroxylation is 4. The number of imide groups is 1. The Morgan fingerprint density at radius 2 is 1.87 bits per heavy atom. The first kappa shape index (κ1) is 33.5. The van der Waals surface area contributed by atoms with Gasteiger partial charge in [-0.3, -0.25) is 29.5 Å². The minimum absolute atomic E-state index is 0.00347. The number of furan rings is 1. The second kappa shape index (κ2) is 13.5. The number of fused-ring (bicyclic) bond motifs is 3. The standard InChI is InChI=1S/C41H35N7O5/c1-23-16-33-29(18-24(2)41(52)47(33)3)34(17-23)48-15-5-7-31-35(48)21-44-38(45-31)26-9-11-32(43-20-26)40(51)42-14-4-6-25-8-12-36-28(19-25)30(22-53-36)27-10-13-37(49)46-39(27)50/h8-9,11-12,16-22,27H,5,7,10,13-15H2,1-3H3,(H,42,51)(H,46,49,50). The topological polar surface area (TPSA) is 152 Å². The molecule has 1 unspecified atom stereocenters. The molecule has 1 saturated heterocycles. The van der Waals surface area contributed by atoms with Crippen LogP contribution in [0.15, 0.2) is 76.4 Å². The molecule has 6 heterocycles. The van der Waals surface area contributed by atoms with Gasteiger partial charge in [0.25, 0.3) is 11.5 Å². The molecule has 2 N–H and O–H groups in total. The van der Waals surface area contributed by atoms with E-state index in [1.165, 1.54) is 0 Å². The van der Waals surface area contributed by atoms with Crippen molar-refractivity contribution in [3.8, 4) is 23.2 Å². The largest absolute Gasteiger partial charge is 0.464 e. The van der Waals surface area contributed by atoms with Crippen LogP contribution in [0.3, 0.4) is 0 Å². The number of hydrogen-bond donors (Lipinski definition) is 2. The first-order valence-electron chi connectivity index (χ1n) is 17.5. The third-order valence-electron chi connectivity index (χ3n) is 9.91. The van der Waals surface area contributed by atoms with Crippen LogP contribution in [0.5, 0.6) is 0 Å². The van der Waals surface area contributed by atoms with E-state index in [-0.39, 0.29) is 41.9 Å². The Hall–Kier alpha value is -6.61. The average Bonchev–Trinajstić information content (AvgIpc) is 3.58. The van der Waals surface area contributed by atoms with E-state index in [2.05, 4.69) is 38.4 Å². The van der Waals surface area contributed by atoms with E-state index >= 15 is 0 Å². The van der Waals surface area contributed by atoms with E-state index < -0.39 is 5.92 Å². The van der Waals surface area contributed by atoms with Gasteiger partial charge in [0.15, 0.2) is 5.82 Å². The van der Waals surface area contributed by atoms with Gasteiger partial charge >= 0.3 is 0 Å². The van der Waals surface area contributed by atoms with Gasteiger partial charge in [-0.05, 0) is 87.2 Å². The molecule has 1 fully saturated rings. The Labute approximate surface area is 304 Å². The zero-order valence-electron chi connectivity index (χ0n) is 29.4. The molecule has 6 aromatic rings. The lowest BCUT2D eigenvalue weighted by molar-refractivity contribution is -0.134. The third kappa shape index (κ3) is 6.31. The number of amides is 3. The van der Waals surface area contributed by atoms with E-state index in [0.717, 1.165) is 63.9 Å². The Morgan fingerprint density at radius 3 is 2.68 bits per heavy atom. The van der Waals surface area contributed by atoms with Gasteiger partial charge in [-0.1, -0.05) is 11.8 Å². The lowest BCUT2D eigenvalue weighted by atomic mass is 9.90. The van der Waals surface area contributed by atoms with Crippen LogP contribution in [0, 0.1) is 25.7 Å². The number of carbonyl (C=O) groups is 3. The molecule has 8 rings (SSSR count). The van der Waals surface area contributed by atoms with Crippen molar-refractivity contribution in [2.75, 3.05) is 18.0 Å². The maximum Gasteiger partial charge on any atom is 0.270 e. The van der Waals surface area contributed by atoms with Gasteiger partial charge in [0, 0.05) is 59.2 Å². The van der Waals surface area contributed by atoms with Crippen molar-refractivity contribution < 1.29 is 18.8 Å². The highest BCUT2D eigenvalue weighted by Gasteiger charge is 2.30. The predicted octanol–water partition coefficient (Wildman–Crippen LogP) is 5.14. The van der Waals surface area contributed by atoms with E-state index in [0.29, 0.717) is 34.5 Å². The average molecular weight is 706 g/mol. The quantitative estimate of drug-likeness (QED) is 0.184. The summed E-state index contributed by atoms with van der Waals surface area (Å²) in [5.74, 6) is 5.13. The minimum atomic E-state index is -0.464. The summed E-state index contributed by atoms with van der Waals surface area (Å²) < 4.78 is 7.36. The highest BCUT2D eigenvalue weighted by Crippen LogP contribution is 2.38. The summed E-state index contributed by atoms with van der Waals surface area (Å²) in [6.45, 7) is 4.78. The molecular formula is C41H35N7O5. The van der Waals surface area contributed by atoms with Crippen molar-refractivity contribution in [2.24, 2.45) is 7.05 Å². The van der Waals surface area contributed by atoms with Crippen LogP contribution in [-0.2, 0) is 23.1 Å². The van der Waals surface area contributed by atoms with Gasteiger partial charge in [0.1, 0.15) is 11.3 Å². The summed E-state index contributed by atoms with van der Waals surface area (Å²) in [6.07, 6.45) is 7.42. The maximum absolute atomic E-state index is 12.9. The lowest BCUT2D eigenvalue weighted by Gasteiger charge is -2.32. The molecule has 264 valence electrons. The molecule has 12 heteroatoms. The first-order valence-corrected chi connectivity index (χ1v) is 17.5. The van der Waals surface area contributed by atoms with Crippen LogP contribution in [0.1, 0.15) is 63.6 Å². The smallest absolute Gasteiger partial charge is 0.270 e. The monoisotopic (exact) mass is 705 g/mol. The van der Waals surface area contributed by atoms with Gasteiger partial charge in [0.05, 0.1) is 47.5 Å². The number of nitrogens with zero attached hydrogens (tertiary/aromatic N) is 5. The number of benzene rings is 2. The Kier molecular flexibility index (Phi) is 8.54. The van der Waals surface area contributed by atoms with Gasteiger partial charge in [-0.2, -0.15) is 0 Å². The molecule has 4 aromatic heterocycles. The number of nitrogens with one attached hydrogen (secondary N) is 2.